The molecule has 9 rings (SSSR count). The van der Waals surface area contributed by atoms with E-state index in [9.17, 15) is 24.6 Å². The van der Waals surface area contributed by atoms with E-state index in [0.29, 0.717) is 17.8 Å². The number of phenols is 1. The van der Waals surface area contributed by atoms with Gasteiger partial charge in [0.1, 0.15) is 17.8 Å². The number of rotatable bonds is 12. The van der Waals surface area contributed by atoms with E-state index < -0.39 is 23.6 Å². The molecule has 1 saturated heterocycles. The summed E-state index contributed by atoms with van der Waals surface area (Å²) in [5.41, 5.74) is 7.29. The number of para-hydroxylation sites is 1. The van der Waals surface area contributed by atoms with E-state index >= 15 is 0 Å². The van der Waals surface area contributed by atoms with Crippen molar-refractivity contribution in [2.75, 3.05) is 20.1 Å². The molecule has 13 nitrogen and oxygen atoms in total. The number of nitrogens with zero attached hydrogens (tertiary/aromatic N) is 5. The summed E-state index contributed by atoms with van der Waals surface area (Å²) in [6.07, 6.45) is 2.40. The molecular weight excluding hydrogens is 741 g/mol. The number of amides is 3. The second-order valence-electron chi connectivity index (χ2n) is 17.4. The zero-order chi connectivity index (χ0) is 40.3. The first-order valence-corrected chi connectivity index (χ1v) is 20.4. The first kappa shape index (κ1) is 38.7. The number of thiazole rings is 1. The van der Waals surface area contributed by atoms with Crippen LogP contribution in [0.25, 0.3) is 32.7 Å². The molecule has 14 heteroatoms. The molecule has 1 aliphatic heterocycles. The van der Waals surface area contributed by atoms with E-state index in [1.165, 1.54) is 4.90 Å². The molecule has 3 amide bonds. The highest BCUT2D eigenvalue weighted by Crippen LogP contribution is 2.70. The van der Waals surface area contributed by atoms with Crippen LogP contribution in [-0.2, 0) is 26.3 Å². The lowest BCUT2D eigenvalue weighted by Gasteiger charge is -2.73. The fourth-order valence-corrected chi connectivity index (χ4v) is 9.80. The number of aromatic nitrogens is 4. The molecule has 3 aromatic heterocycles. The molecule has 4 aliphatic rings. The quantitative estimate of drug-likeness (QED) is 0.116. The van der Waals surface area contributed by atoms with Crippen LogP contribution in [0.15, 0.2) is 66.2 Å². The van der Waals surface area contributed by atoms with Crippen molar-refractivity contribution in [2.45, 2.75) is 95.5 Å². The molecule has 5 aromatic rings. The van der Waals surface area contributed by atoms with Gasteiger partial charge in [-0.1, -0.05) is 57.2 Å². The maximum atomic E-state index is 14.1. The third kappa shape index (κ3) is 7.30. The monoisotopic (exact) mass is 790 g/mol. The van der Waals surface area contributed by atoms with Gasteiger partial charge in [-0.15, -0.1) is 21.5 Å². The number of aromatic amines is 1. The van der Waals surface area contributed by atoms with E-state index in [4.69, 9.17) is 0 Å². The van der Waals surface area contributed by atoms with Crippen molar-refractivity contribution in [2.24, 2.45) is 5.41 Å². The van der Waals surface area contributed by atoms with Gasteiger partial charge in [0.15, 0.2) is 5.65 Å². The Kier molecular flexibility index (Phi) is 9.94. The molecule has 3 saturated carbocycles. The van der Waals surface area contributed by atoms with Gasteiger partial charge in [-0.05, 0) is 74.0 Å². The highest BCUT2D eigenvalue weighted by atomic mass is 32.1. The minimum Gasteiger partial charge on any atom is -0.507 e. The highest BCUT2D eigenvalue weighted by molar-refractivity contribution is 7.13. The number of aromatic hydroxyl groups is 1. The minimum absolute atomic E-state index is 0.0123. The molecule has 3 aliphatic carbocycles. The SMILES string of the molecule is Cc1ncsc1-c1ccc(CNC(=O)[C@@H]2C[C@@H](O)CN2C(=O)[C@@H](NC(=O)CCN(C)C23CC(c4cc5cc(-c6ccccc6O)nnc5[nH]4)(C2)C3)C(C)(C)C)cc1. The average Bonchev–Trinajstić information content (AvgIpc) is 3.88. The summed E-state index contributed by atoms with van der Waals surface area (Å²) in [5.74, 6) is -0.778. The molecule has 57 heavy (non-hydrogen) atoms. The largest absolute Gasteiger partial charge is 0.507 e. The van der Waals surface area contributed by atoms with Crippen molar-refractivity contribution in [1.82, 2.24) is 40.6 Å². The normalized spacial score (nSPS) is 23.2. The number of H-pyrrole nitrogens is 1. The second-order valence-corrected chi connectivity index (χ2v) is 18.2. The van der Waals surface area contributed by atoms with Crippen molar-refractivity contribution >= 4 is 40.1 Å². The van der Waals surface area contributed by atoms with Crippen LogP contribution in [0.5, 0.6) is 5.75 Å². The number of β-amino-alcohol motifs (C(OH)–C–C–N with tert-alkyl or cyclic N) is 1. The molecule has 4 heterocycles. The van der Waals surface area contributed by atoms with Crippen molar-refractivity contribution in [3.05, 3.63) is 83.1 Å². The van der Waals surface area contributed by atoms with Crippen LogP contribution in [0.3, 0.4) is 0 Å². The van der Waals surface area contributed by atoms with Crippen LogP contribution in [0.2, 0.25) is 0 Å². The third-order valence-corrected chi connectivity index (χ3v) is 13.3. The number of fused-ring (bicyclic) bond motifs is 1. The number of phenolic OH excluding ortho intramolecular Hbond substituents is 1. The maximum absolute atomic E-state index is 14.1. The van der Waals surface area contributed by atoms with E-state index in [1.807, 2.05) is 75.7 Å². The van der Waals surface area contributed by atoms with E-state index in [-0.39, 0.29) is 60.4 Å². The number of aryl methyl sites for hydroxylation is 1. The summed E-state index contributed by atoms with van der Waals surface area (Å²) in [4.78, 5) is 53.7. The zero-order valence-electron chi connectivity index (χ0n) is 33.0. The van der Waals surface area contributed by atoms with Crippen LogP contribution < -0.4 is 10.6 Å². The molecule has 2 aromatic carbocycles. The number of aliphatic hydroxyl groups is 1. The zero-order valence-corrected chi connectivity index (χ0v) is 33.8. The Balaban J connectivity index is 0.846. The Morgan fingerprint density at radius 2 is 1.81 bits per heavy atom. The molecule has 5 N–H and O–H groups in total. The van der Waals surface area contributed by atoms with Crippen molar-refractivity contribution < 1.29 is 24.6 Å². The lowest BCUT2D eigenvalue weighted by atomic mass is 9.38. The molecular formula is C43H50N8O5S. The first-order valence-electron chi connectivity index (χ1n) is 19.6. The van der Waals surface area contributed by atoms with Crippen molar-refractivity contribution in [3.63, 3.8) is 0 Å². The Bertz CT molecular complexity index is 2310. The van der Waals surface area contributed by atoms with Crippen molar-refractivity contribution in [3.8, 4) is 27.4 Å². The number of hydrogen-bond acceptors (Lipinski definition) is 10. The lowest BCUT2D eigenvalue weighted by Crippen LogP contribution is -2.76. The van der Waals surface area contributed by atoms with Gasteiger partial charge in [0.2, 0.25) is 17.7 Å². The number of carbonyl (C=O) groups excluding carboxylic acids is 3. The van der Waals surface area contributed by atoms with Gasteiger partial charge >= 0.3 is 0 Å². The molecule has 3 atom stereocenters. The van der Waals surface area contributed by atoms with Gasteiger partial charge in [-0.3, -0.25) is 14.4 Å². The summed E-state index contributed by atoms with van der Waals surface area (Å²) in [5, 5.41) is 36.6. The average molecular weight is 791 g/mol. The summed E-state index contributed by atoms with van der Waals surface area (Å²) in [6, 6.07) is 17.4. The van der Waals surface area contributed by atoms with Crippen LogP contribution in [0.1, 0.15) is 69.8 Å². The van der Waals surface area contributed by atoms with Gasteiger partial charge < -0.3 is 35.6 Å². The summed E-state index contributed by atoms with van der Waals surface area (Å²) >= 11 is 1.58. The molecule has 0 unspecified atom stereocenters. The van der Waals surface area contributed by atoms with Crippen LogP contribution in [0, 0.1) is 12.3 Å². The maximum Gasteiger partial charge on any atom is 0.246 e. The Morgan fingerprint density at radius 3 is 2.49 bits per heavy atom. The summed E-state index contributed by atoms with van der Waals surface area (Å²) in [7, 11) is 2.06. The van der Waals surface area contributed by atoms with E-state index in [1.54, 1.807) is 23.5 Å². The molecule has 2 bridgehead atoms. The number of likely N-dealkylation sites (tertiary alicyclic amines) is 1. The number of nitrogens with one attached hydrogen (secondary N) is 3. The van der Waals surface area contributed by atoms with Gasteiger partial charge in [-0.2, -0.15) is 0 Å². The smallest absolute Gasteiger partial charge is 0.246 e. The third-order valence-electron chi connectivity index (χ3n) is 12.3. The second kappa shape index (κ2) is 14.6. The number of hydrogen-bond donors (Lipinski definition) is 5. The van der Waals surface area contributed by atoms with Crippen molar-refractivity contribution in [1.29, 1.82) is 0 Å². The van der Waals surface area contributed by atoms with E-state index in [0.717, 1.165) is 57.7 Å². The van der Waals surface area contributed by atoms with Crippen LogP contribution in [0.4, 0.5) is 0 Å². The van der Waals surface area contributed by atoms with Gasteiger partial charge in [0.05, 0.1) is 27.9 Å². The Labute approximate surface area is 335 Å². The standard InChI is InChI=1S/C43H50N8O5S/c1-25-36(57-24-45-25)27-12-10-26(11-13-27)19-44-39(55)32-18-29(52)20-51(32)40(56)37(41(2,3)4)47-35(54)14-15-50(5)43-21-42(22-43,23-43)34-17-28-16-31(48-49-38(28)46-34)30-8-6-7-9-33(30)53/h6-13,16-17,24,29,32,37,52-53H,14-15,18-23H2,1-5H3,(H,44,55)(H,46,49)(H,47,54)/t29-,32+,37-,42?,43?/m1/s1. The van der Waals surface area contributed by atoms with Crippen LogP contribution >= 0.6 is 11.3 Å². The predicted molar refractivity (Wildman–Crippen MR) is 218 cm³/mol. The van der Waals surface area contributed by atoms with Gasteiger partial charge in [0.25, 0.3) is 0 Å². The molecule has 4 fully saturated rings. The number of benzene rings is 2. The minimum atomic E-state index is -0.881. The van der Waals surface area contributed by atoms with Gasteiger partial charge in [-0.25, -0.2) is 4.98 Å². The predicted octanol–water partition coefficient (Wildman–Crippen LogP) is 5.07. The number of carbonyl (C=O) groups is 3. The summed E-state index contributed by atoms with van der Waals surface area (Å²) < 4.78 is 0. The molecule has 0 spiro atoms. The van der Waals surface area contributed by atoms with Crippen LogP contribution in [-0.4, -0.2) is 102 Å². The highest BCUT2D eigenvalue weighted by Gasteiger charge is 2.70. The fourth-order valence-electron chi connectivity index (χ4n) is 8.98. The number of aliphatic hydroxyl groups excluding tert-OH is 1. The van der Waals surface area contributed by atoms with Gasteiger partial charge in [0, 0.05) is 60.1 Å². The first-order chi connectivity index (χ1) is 27.1. The fraction of sp³-hybridized carbons (Fsp3) is 0.442. The lowest BCUT2D eigenvalue weighted by molar-refractivity contribution is -0.163. The molecule has 298 valence electrons. The van der Waals surface area contributed by atoms with E-state index in [2.05, 4.69) is 48.8 Å². The molecule has 0 radical (unpaired) electrons. The Hall–Kier alpha value is -5.18. The topological polar surface area (TPSA) is 177 Å². The summed E-state index contributed by atoms with van der Waals surface area (Å²) in [6.45, 7) is 8.50. The Morgan fingerprint density at radius 1 is 1.07 bits per heavy atom.